The molecule has 2 aromatic heterocycles. The van der Waals surface area contributed by atoms with Crippen LogP contribution < -0.4 is 20.7 Å². The van der Waals surface area contributed by atoms with E-state index in [1.54, 1.807) is 22.7 Å². The molecule has 3 heterocycles. The maximum atomic E-state index is 14.7. The summed E-state index contributed by atoms with van der Waals surface area (Å²) in [7, 11) is 1.27. The molecule has 0 atom stereocenters. The lowest BCUT2D eigenvalue weighted by atomic mass is 9.99. The molecule has 0 radical (unpaired) electrons. The number of methoxy groups -OCH3 is 1. The second kappa shape index (κ2) is 9.74. The van der Waals surface area contributed by atoms with Crippen LogP contribution >= 0.6 is 0 Å². The summed E-state index contributed by atoms with van der Waals surface area (Å²) in [5, 5.41) is 8.73. The zero-order chi connectivity index (χ0) is 26.2. The van der Waals surface area contributed by atoms with E-state index in [2.05, 4.69) is 25.9 Å². The number of ether oxygens (including phenoxy) is 1. The maximum Gasteiger partial charge on any atom is 0.251 e. The van der Waals surface area contributed by atoms with Crippen LogP contribution in [-0.2, 0) is 6.42 Å². The molecule has 5 rings (SSSR count). The van der Waals surface area contributed by atoms with E-state index in [9.17, 15) is 18.0 Å². The summed E-state index contributed by atoms with van der Waals surface area (Å²) in [6, 6.07) is 8.00. The molecule has 0 spiro atoms. The van der Waals surface area contributed by atoms with Gasteiger partial charge in [-0.2, -0.15) is 4.39 Å². The molecule has 11 heteroatoms. The van der Waals surface area contributed by atoms with Gasteiger partial charge >= 0.3 is 0 Å². The molecule has 1 fully saturated rings. The van der Waals surface area contributed by atoms with Gasteiger partial charge in [0.15, 0.2) is 28.7 Å². The number of aromatic nitrogens is 3. The highest BCUT2D eigenvalue weighted by atomic mass is 19.2. The van der Waals surface area contributed by atoms with E-state index in [0.717, 1.165) is 5.56 Å². The minimum absolute atomic E-state index is 0.0272. The first-order valence-corrected chi connectivity index (χ1v) is 11.8. The minimum Gasteiger partial charge on any atom is -0.494 e. The van der Waals surface area contributed by atoms with Crippen LogP contribution in [0.1, 0.15) is 22.8 Å². The Hall–Kier alpha value is -4.12. The first-order valence-electron chi connectivity index (χ1n) is 11.8. The molecule has 1 aliphatic heterocycles. The largest absolute Gasteiger partial charge is 0.494 e. The smallest absolute Gasteiger partial charge is 0.251 e. The molecular weight excluding hydrogens is 485 g/mol. The highest BCUT2D eigenvalue weighted by Crippen LogP contribution is 2.31. The van der Waals surface area contributed by atoms with Gasteiger partial charge in [0.1, 0.15) is 0 Å². The lowest BCUT2D eigenvalue weighted by Gasteiger charge is -2.34. The molecule has 3 N–H and O–H groups in total. The van der Waals surface area contributed by atoms with Crippen LogP contribution in [0.3, 0.4) is 0 Å². The number of nitrogens with one attached hydrogen (secondary N) is 3. The predicted octanol–water partition coefficient (Wildman–Crippen LogP) is 4.03. The van der Waals surface area contributed by atoms with Crippen LogP contribution in [0.15, 0.2) is 48.9 Å². The molecule has 37 heavy (non-hydrogen) atoms. The fraction of sp³-hybridized carbons (Fsp3) is 0.269. The molecule has 0 unspecified atom stereocenters. The Bertz CT molecular complexity index is 1480. The molecule has 4 aromatic rings. The van der Waals surface area contributed by atoms with Crippen molar-refractivity contribution in [2.75, 3.05) is 32.1 Å². The van der Waals surface area contributed by atoms with E-state index in [1.807, 2.05) is 13.0 Å². The first kappa shape index (κ1) is 24.6. The lowest BCUT2D eigenvalue weighted by Crippen LogP contribution is -2.61. The highest BCUT2D eigenvalue weighted by molar-refractivity contribution is 5.96. The van der Waals surface area contributed by atoms with Gasteiger partial charge in [0, 0.05) is 42.3 Å². The number of hydrogen-bond donors (Lipinski definition) is 3. The third kappa shape index (κ3) is 4.57. The number of nitrogens with zero attached hydrogens (tertiary/aromatic N) is 3. The summed E-state index contributed by atoms with van der Waals surface area (Å²) in [6.45, 7) is 2.33. The van der Waals surface area contributed by atoms with Gasteiger partial charge in [-0.3, -0.25) is 9.20 Å². The maximum absolute atomic E-state index is 14.7. The summed E-state index contributed by atoms with van der Waals surface area (Å²) in [5.74, 6) is -2.25. The first-order chi connectivity index (χ1) is 17.8. The third-order valence-corrected chi connectivity index (χ3v) is 6.41. The van der Waals surface area contributed by atoms with E-state index in [-0.39, 0.29) is 36.9 Å². The monoisotopic (exact) mass is 510 g/mol. The second-order valence-electron chi connectivity index (χ2n) is 8.84. The molecule has 0 saturated carbocycles. The molecule has 1 amide bonds. The molecule has 8 nitrogen and oxygen atoms in total. The number of carbonyl (C=O) groups is 1. The summed E-state index contributed by atoms with van der Waals surface area (Å²) >= 11 is 0. The average Bonchev–Trinajstić information content (AvgIpc) is 3.32. The summed E-state index contributed by atoms with van der Waals surface area (Å²) < 4.78 is 49.7. The van der Waals surface area contributed by atoms with Crippen molar-refractivity contribution >= 4 is 23.1 Å². The van der Waals surface area contributed by atoms with Crippen molar-refractivity contribution in [2.24, 2.45) is 0 Å². The van der Waals surface area contributed by atoms with Crippen molar-refractivity contribution in [2.45, 2.75) is 19.0 Å². The molecule has 0 aliphatic carbocycles. The van der Waals surface area contributed by atoms with Crippen molar-refractivity contribution in [3.63, 3.8) is 0 Å². The fourth-order valence-corrected chi connectivity index (χ4v) is 4.27. The van der Waals surface area contributed by atoms with Gasteiger partial charge < -0.3 is 20.7 Å². The van der Waals surface area contributed by atoms with Crippen molar-refractivity contribution < 1.29 is 22.7 Å². The Labute approximate surface area is 210 Å². The van der Waals surface area contributed by atoms with E-state index < -0.39 is 17.3 Å². The van der Waals surface area contributed by atoms with E-state index in [1.165, 1.54) is 31.6 Å². The Kier molecular flexibility index (Phi) is 6.46. The number of carbonyl (C=O) groups excluding carboxylic acids is 1. The summed E-state index contributed by atoms with van der Waals surface area (Å²) in [4.78, 5) is 21.4. The zero-order valence-corrected chi connectivity index (χ0v) is 20.2. The minimum atomic E-state index is -1.41. The topological polar surface area (TPSA) is 92.6 Å². The van der Waals surface area contributed by atoms with E-state index in [0.29, 0.717) is 34.8 Å². The van der Waals surface area contributed by atoms with Crippen molar-refractivity contribution in [1.29, 1.82) is 0 Å². The number of anilines is 2. The van der Waals surface area contributed by atoms with Crippen LogP contribution in [0.2, 0.25) is 0 Å². The Morgan fingerprint density at radius 2 is 2.00 bits per heavy atom. The van der Waals surface area contributed by atoms with Crippen molar-refractivity contribution in [3.05, 3.63) is 71.7 Å². The molecule has 0 bridgehead atoms. The molecular formula is C26H25F3N6O2. The van der Waals surface area contributed by atoms with Gasteiger partial charge in [-0.05, 0) is 42.3 Å². The van der Waals surface area contributed by atoms with Gasteiger partial charge in [-0.15, -0.1) is 0 Å². The molecule has 1 aliphatic rings. The van der Waals surface area contributed by atoms with E-state index >= 15 is 0 Å². The van der Waals surface area contributed by atoms with Gasteiger partial charge in [0.25, 0.3) is 5.91 Å². The molecule has 192 valence electrons. The summed E-state index contributed by atoms with van der Waals surface area (Å²) in [6.07, 6.45) is 5.13. The second-order valence-corrected chi connectivity index (χ2v) is 8.84. The van der Waals surface area contributed by atoms with Crippen LogP contribution in [-0.4, -0.2) is 52.7 Å². The number of hydrogen-bond acceptors (Lipinski definition) is 6. The number of rotatable bonds is 8. The third-order valence-electron chi connectivity index (χ3n) is 6.41. The van der Waals surface area contributed by atoms with Crippen LogP contribution in [0.5, 0.6) is 5.75 Å². The quantitative estimate of drug-likeness (QED) is 0.332. The zero-order valence-electron chi connectivity index (χ0n) is 20.2. The number of halogens is 3. The van der Waals surface area contributed by atoms with Crippen molar-refractivity contribution in [1.82, 2.24) is 25.0 Å². The van der Waals surface area contributed by atoms with Crippen LogP contribution in [0.4, 0.5) is 24.7 Å². The summed E-state index contributed by atoms with van der Waals surface area (Å²) in [5.41, 5.74) is 1.26. The average molecular weight is 511 g/mol. The Morgan fingerprint density at radius 1 is 1.19 bits per heavy atom. The van der Waals surface area contributed by atoms with Crippen molar-refractivity contribution in [3.8, 4) is 17.0 Å². The van der Waals surface area contributed by atoms with Crippen LogP contribution in [0.25, 0.3) is 16.9 Å². The van der Waals surface area contributed by atoms with E-state index in [4.69, 9.17) is 4.74 Å². The number of fused-ring (bicyclic) bond motifs is 1. The van der Waals surface area contributed by atoms with Gasteiger partial charge in [0.2, 0.25) is 5.82 Å². The SMILES string of the molecule is CCc1cc(Nc2nccn3c(-c4ccc(OC)c(F)c4F)cnc23)ccc1C(=O)NCC1(F)CNC1. The normalized spacial score (nSPS) is 14.3. The Morgan fingerprint density at radius 3 is 2.70 bits per heavy atom. The van der Waals surface area contributed by atoms with Gasteiger partial charge in [-0.1, -0.05) is 6.92 Å². The fourth-order valence-electron chi connectivity index (χ4n) is 4.27. The number of alkyl halides is 1. The number of benzene rings is 2. The Balaban J connectivity index is 1.41. The predicted molar refractivity (Wildman–Crippen MR) is 133 cm³/mol. The number of aryl methyl sites for hydroxylation is 1. The van der Waals surface area contributed by atoms with Gasteiger partial charge in [-0.25, -0.2) is 18.7 Å². The molecule has 2 aromatic carbocycles. The number of amides is 1. The standard InChI is InChI=1S/C26H25F3N6O2/c1-3-15-10-16(4-5-17(15)25(36)33-14-26(29)12-30-13-26)34-23-24-32-11-19(35(24)9-8-31-23)18-6-7-20(37-2)22(28)21(18)27/h4-11,30H,3,12-14H2,1-2H3,(H,31,34)(H,33,36). The lowest BCUT2D eigenvalue weighted by molar-refractivity contribution is 0.0748. The van der Waals surface area contributed by atoms with Crippen LogP contribution in [0, 0.1) is 11.6 Å². The molecule has 1 saturated heterocycles. The number of imidazole rings is 1. The highest BCUT2D eigenvalue weighted by Gasteiger charge is 2.37. The van der Waals surface area contributed by atoms with Gasteiger partial charge in [0.05, 0.1) is 25.5 Å².